The maximum absolute atomic E-state index is 12.2. The molecule has 0 saturated carbocycles. The van der Waals surface area contributed by atoms with E-state index < -0.39 is 5.97 Å². The molecule has 0 radical (unpaired) electrons. The number of aliphatic carboxylic acids is 1. The molecule has 0 aliphatic carbocycles. The van der Waals surface area contributed by atoms with Crippen molar-refractivity contribution in [3.63, 3.8) is 0 Å². The number of halogens is 2. The van der Waals surface area contributed by atoms with Crippen LogP contribution in [0, 0.1) is 5.82 Å². The first kappa shape index (κ1) is 10.9. The molecule has 0 heterocycles. The fourth-order valence-electron chi connectivity index (χ4n) is 0.439. The number of carbonyl (C=O) groups is 1. The molecule has 66 valence electrons. The largest absolute Gasteiger partial charge is 0.481 e. The fourth-order valence-corrected chi connectivity index (χ4v) is 0.575. The number of rotatable bonds is 0. The average Bonchev–Trinajstić information content (AvgIpc) is 1.94. The Bertz CT molecular complexity index is 238. The smallest absolute Gasteiger partial charge is 0.300 e. The first-order valence-corrected chi connectivity index (χ1v) is 3.51. The topological polar surface area (TPSA) is 37.3 Å². The molecule has 0 aromatic heterocycles. The first-order valence-electron chi connectivity index (χ1n) is 3.13. The summed E-state index contributed by atoms with van der Waals surface area (Å²) in [6, 6.07) is 6.12. The van der Waals surface area contributed by atoms with Crippen LogP contribution in [0.4, 0.5) is 4.39 Å². The lowest BCUT2D eigenvalue weighted by molar-refractivity contribution is -0.134. The van der Waals surface area contributed by atoms with Gasteiger partial charge in [0, 0.05) is 6.92 Å². The van der Waals surface area contributed by atoms with Crippen molar-refractivity contribution >= 4 is 17.6 Å². The molecule has 1 rings (SSSR count). The fraction of sp³-hybridized carbons (Fsp3) is 0.125. The molecule has 0 fully saturated rings. The highest BCUT2D eigenvalue weighted by atomic mass is 35.5. The van der Waals surface area contributed by atoms with Crippen molar-refractivity contribution in [2.45, 2.75) is 6.92 Å². The second-order valence-electron chi connectivity index (χ2n) is 1.93. The predicted molar refractivity (Wildman–Crippen MR) is 44.7 cm³/mol. The summed E-state index contributed by atoms with van der Waals surface area (Å²) >= 11 is 5.33. The van der Waals surface area contributed by atoms with Crippen molar-refractivity contribution in [2.24, 2.45) is 0 Å². The molecule has 1 N–H and O–H groups in total. The normalized spacial score (nSPS) is 8.25. The molecule has 1 aromatic rings. The van der Waals surface area contributed by atoms with E-state index in [0.29, 0.717) is 0 Å². The average molecular weight is 191 g/mol. The second-order valence-corrected chi connectivity index (χ2v) is 2.34. The minimum absolute atomic E-state index is 0.174. The van der Waals surface area contributed by atoms with E-state index in [2.05, 4.69) is 0 Å². The van der Waals surface area contributed by atoms with Gasteiger partial charge in [-0.2, -0.15) is 0 Å². The van der Waals surface area contributed by atoms with Gasteiger partial charge in [-0.3, -0.25) is 4.79 Å². The molecule has 0 aliphatic rings. The second kappa shape index (κ2) is 5.55. The van der Waals surface area contributed by atoms with Gasteiger partial charge in [0.25, 0.3) is 5.97 Å². The van der Waals surface area contributed by atoms with Crippen LogP contribution in [0.25, 0.3) is 0 Å². The van der Waals surface area contributed by atoms with E-state index in [1.54, 1.807) is 12.1 Å². The molecule has 0 amide bonds. The predicted octanol–water partition coefficient (Wildman–Crippen LogP) is 2.57. The SMILES string of the molecule is CC(=O)O.Fc1ccccc1Cl. The molecule has 0 spiro atoms. The van der Waals surface area contributed by atoms with Crippen molar-refractivity contribution in [3.05, 3.63) is 35.1 Å². The standard InChI is InChI=1S/C6H4ClF.C2H4O2/c7-5-3-1-2-4-6(5)8;1-2(3)4/h1-4H;1H3,(H,3,4). The maximum atomic E-state index is 12.2. The lowest BCUT2D eigenvalue weighted by atomic mass is 10.4. The van der Waals surface area contributed by atoms with Gasteiger partial charge in [-0.25, -0.2) is 4.39 Å². The molecule has 4 heteroatoms. The third-order valence-electron chi connectivity index (χ3n) is 0.824. The molecule has 0 atom stereocenters. The van der Waals surface area contributed by atoms with Crippen LogP contribution < -0.4 is 0 Å². The van der Waals surface area contributed by atoms with E-state index in [9.17, 15) is 4.39 Å². The zero-order valence-electron chi connectivity index (χ0n) is 6.42. The van der Waals surface area contributed by atoms with Crippen LogP contribution in [-0.2, 0) is 4.79 Å². The van der Waals surface area contributed by atoms with Gasteiger partial charge in [0.05, 0.1) is 5.02 Å². The van der Waals surface area contributed by atoms with Crippen LogP contribution in [-0.4, -0.2) is 11.1 Å². The summed E-state index contributed by atoms with van der Waals surface area (Å²) in [6.45, 7) is 1.08. The molecule has 0 aliphatic heterocycles. The monoisotopic (exact) mass is 190 g/mol. The summed E-state index contributed by atoms with van der Waals surface area (Å²) in [5.41, 5.74) is 0. The Morgan fingerprint density at radius 3 is 2.17 bits per heavy atom. The maximum Gasteiger partial charge on any atom is 0.300 e. The lowest BCUT2D eigenvalue weighted by Crippen LogP contribution is -1.78. The zero-order valence-corrected chi connectivity index (χ0v) is 7.18. The summed E-state index contributed by atoms with van der Waals surface area (Å²) in [5.74, 6) is -1.20. The van der Waals surface area contributed by atoms with Crippen LogP contribution >= 0.6 is 11.6 Å². The van der Waals surface area contributed by atoms with Crippen LogP contribution in [0.15, 0.2) is 24.3 Å². The highest BCUT2D eigenvalue weighted by Gasteiger charge is 1.91. The summed E-state index contributed by atoms with van der Waals surface area (Å²) in [5, 5.41) is 7.59. The Morgan fingerprint density at radius 2 is 1.92 bits per heavy atom. The molecule has 12 heavy (non-hydrogen) atoms. The molecular weight excluding hydrogens is 183 g/mol. The van der Waals surface area contributed by atoms with E-state index in [-0.39, 0.29) is 10.8 Å². The van der Waals surface area contributed by atoms with Crippen molar-refractivity contribution in [3.8, 4) is 0 Å². The number of hydrogen-bond acceptors (Lipinski definition) is 1. The van der Waals surface area contributed by atoms with Crippen LogP contribution in [0.1, 0.15) is 6.92 Å². The van der Waals surface area contributed by atoms with E-state index in [1.165, 1.54) is 12.1 Å². The van der Waals surface area contributed by atoms with Gasteiger partial charge in [0.1, 0.15) is 5.82 Å². The van der Waals surface area contributed by atoms with Gasteiger partial charge in [0.2, 0.25) is 0 Å². The number of benzene rings is 1. The quantitative estimate of drug-likeness (QED) is 0.683. The van der Waals surface area contributed by atoms with Gasteiger partial charge in [-0.1, -0.05) is 23.7 Å². The van der Waals surface area contributed by atoms with Gasteiger partial charge in [-0.05, 0) is 12.1 Å². The van der Waals surface area contributed by atoms with Crippen LogP contribution in [0.5, 0.6) is 0 Å². The highest BCUT2D eigenvalue weighted by Crippen LogP contribution is 2.11. The van der Waals surface area contributed by atoms with E-state index in [1.807, 2.05) is 0 Å². The van der Waals surface area contributed by atoms with Gasteiger partial charge < -0.3 is 5.11 Å². The lowest BCUT2D eigenvalue weighted by Gasteiger charge is -1.86. The van der Waals surface area contributed by atoms with Crippen molar-refractivity contribution in [1.29, 1.82) is 0 Å². The molecule has 2 nitrogen and oxygen atoms in total. The Balaban J connectivity index is 0.000000261. The van der Waals surface area contributed by atoms with Crippen molar-refractivity contribution in [2.75, 3.05) is 0 Å². The summed E-state index contributed by atoms with van der Waals surface area (Å²) in [7, 11) is 0. The van der Waals surface area contributed by atoms with Gasteiger partial charge in [0.15, 0.2) is 0 Å². The Morgan fingerprint density at radius 1 is 1.50 bits per heavy atom. The molecule has 0 unspecified atom stereocenters. The minimum Gasteiger partial charge on any atom is -0.481 e. The zero-order chi connectivity index (χ0) is 9.56. The first-order chi connectivity index (χ1) is 5.54. The number of carboxylic acid groups (broad SMARTS) is 1. The summed E-state index contributed by atoms with van der Waals surface area (Å²) in [4.78, 5) is 9.00. The molecule has 0 saturated heterocycles. The Hall–Kier alpha value is -1.09. The van der Waals surface area contributed by atoms with Crippen LogP contribution in [0.2, 0.25) is 5.02 Å². The highest BCUT2D eigenvalue weighted by molar-refractivity contribution is 6.30. The molecule has 0 bridgehead atoms. The summed E-state index contributed by atoms with van der Waals surface area (Å²) < 4.78 is 12.2. The summed E-state index contributed by atoms with van der Waals surface area (Å²) in [6.07, 6.45) is 0. The number of hydrogen-bond donors (Lipinski definition) is 1. The Labute approximate surface area is 74.6 Å². The van der Waals surface area contributed by atoms with Crippen LogP contribution in [0.3, 0.4) is 0 Å². The minimum atomic E-state index is -0.833. The Kier molecular flexibility index (Phi) is 5.04. The van der Waals surface area contributed by atoms with Crippen molar-refractivity contribution < 1.29 is 14.3 Å². The molecular formula is C8H8ClFO2. The van der Waals surface area contributed by atoms with E-state index in [0.717, 1.165) is 6.92 Å². The molecule has 1 aromatic carbocycles. The third-order valence-corrected chi connectivity index (χ3v) is 1.13. The van der Waals surface area contributed by atoms with Gasteiger partial charge in [-0.15, -0.1) is 0 Å². The number of carboxylic acids is 1. The van der Waals surface area contributed by atoms with E-state index >= 15 is 0 Å². The van der Waals surface area contributed by atoms with Crippen molar-refractivity contribution in [1.82, 2.24) is 0 Å². The third kappa shape index (κ3) is 5.68. The van der Waals surface area contributed by atoms with Gasteiger partial charge >= 0.3 is 0 Å². The van der Waals surface area contributed by atoms with E-state index in [4.69, 9.17) is 21.5 Å².